The number of hydrogen-bond acceptors (Lipinski definition) is 4. The van der Waals surface area contributed by atoms with Crippen molar-refractivity contribution in [2.75, 3.05) is 18.3 Å². The van der Waals surface area contributed by atoms with Crippen molar-refractivity contribution >= 4 is 47.0 Å². The predicted molar refractivity (Wildman–Crippen MR) is 154 cm³/mol. The van der Waals surface area contributed by atoms with E-state index in [2.05, 4.69) is 30.3 Å². The number of halogens is 1. The molecule has 1 amide bonds. The number of anilines is 1. The molecule has 192 valence electrons. The number of ether oxygens (including phenoxy) is 1. The lowest BCUT2D eigenvalue weighted by atomic mass is 9.88. The highest BCUT2D eigenvalue weighted by Gasteiger charge is 2.27. The van der Waals surface area contributed by atoms with Gasteiger partial charge in [-0.2, -0.15) is 0 Å². The van der Waals surface area contributed by atoms with E-state index in [0.29, 0.717) is 6.54 Å². The fourth-order valence-corrected chi connectivity index (χ4v) is 5.60. The molecule has 0 saturated heterocycles. The van der Waals surface area contributed by atoms with E-state index in [1.54, 1.807) is 17.8 Å². The molecule has 0 unspecified atom stereocenters. The fourth-order valence-electron chi connectivity index (χ4n) is 4.73. The molecule has 0 radical (unpaired) electrons. The summed E-state index contributed by atoms with van der Waals surface area (Å²) >= 11 is 8.05. The highest BCUT2D eigenvalue weighted by molar-refractivity contribution is 7.98. The molecular formula is C31H32ClNO3S. The molecule has 4 nitrogen and oxygen atoms in total. The molecule has 37 heavy (non-hydrogen) atoms. The van der Waals surface area contributed by atoms with Gasteiger partial charge in [0.15, 0.2) is 0 Å². The van der Waals surface area contributed by atoms with E-state index in [1.165, 1.54) is 19.6 Å². The highest BCUT2D eigenvalue weighted by Crippen LogP contribution is 2.32. The van der Waals surface area contributed by atoms with Crippen LogP contribution in [0, 0.1) is 5.92 Å². The maximum absolute atomic E-state index is 13.7. The van der Waals surface area contributed by atoms with Gasteiger partial charge in [0, 0.05) is 22.6 Å². The number of hydrogen-bond donors (Lipinski definition) is 0. The monoisotopic (exact) mass is 533 g/mol. The van der Waals surface area contributed by atoms with Crippen molar-refractivity contribution in [1.82, 2.24) is 0 Å². The quantitative estimate of drug-likeness (QED) is 0.167. The average molecular weight is 534 g/mol. The minimum Gasteiger partial charge on any atom is -0.466 e. The zero-order chi connectivity index (χ0) is 26.2. The van der Waals surface area contributed by atoms with E-state index in [1.807, 2.05) is 47.6 Å². The molecular weight excluding hydrogens is 502 g/mol. The van der Waals surface area contributed by atoms with Gasteiger partial charge in [-0.1, -0.05) is 73.3 Å². The smallest absolute Gasteiger partial charge is 0.330 e. The minimum absolute atomic E-state index is 0.0411. The standard InChI is InChI=1S/C31H32ClNO3S/c1-36-30(34)18-13-22-7-6-10-27(19-22)33(31(35)25-8-4-3-5-9-25)21-23-11-14-24(15-12-23)26-16-17-29(37-2)28(32)20-26/h6-7,10-20,25H,3-5,8-9,21H2,1-2H3/b18-13+. The third kappa shape index (κ3) is 7.06. The maximum Gasteiger partial charge on any atom is 0.330 e. The van der Waals surface area contributed by atoms with Crippen LogP contribution in [-0.2, 0) is 20.9 Å². The van der Waals surface area contributed by atoms with Crippen molar-refractivity contribution in [3.63, 3.8) is 0 Å². The molecule has 0 N–H and O–H groups in total. The van der Waals surface area contributed by atoms with Crippen molar-refractivity contribution in [2.24, 2.45) is 5.92 Å². The molecule has 1 fully saturated rings. The van der Waals surface area contributed by atoms with E-state index in [-0.39, 0.29) is 11.8 Å². The third-order valence-corrected chi connectivity index (χ3v) is 8.02. The van der Waals surface area contributed by atoms with Crippen LogP contribution in [0.5, 0.6) is 0 Å². The average Bonchev–Trinajstić information content (AvgIpc) is 2.95. The summed E-state index contributed by atoms with van der Waals surface area (Å²) in [5.74, 6) is -0.207. The lowest BCUT2D eigenvalue weighted by Gasteiger charge is -2.30. The number of benzene rings is 3. The largest absolute Gasteiger partial charge is 0.466 e. The van der Waals surface area contributed by atoms with Crippen molar-refractivity contribution in [3.05, 3.63) is 89.0 Å². The zero-order valence-electron chi connectivity index (χ0n) is 21.3. The molecule has 1 aliphatic carbocycles. The van der Waals surface area contributed by atoms with Crippen molar-refractivity contribution in [1.29, 1.82) is 0 Å². The molecule has 0 spiro atoms. The Morgan fingerprint density at radius 1 is 1.00 bits per heavy atom. The second-order valence-electron chi connectivity index (χ2n) is 9.26. The van der Waals surface area contributed by atoms with Gasteiger partial charge in [-0.15, -0.1) is 11.8 Å². The van der Waals surface area contributed by atoms with E-state index >= 15 is 0 Å². The van der Waals surface area contributed by atoms with Gasteiger partial charge in [0.1, 0.15) is 0 Å². The Morgan fingerprint density at radius 2 is 1.73 bits per heavy atom. The molecule has 0 aliphatic heterocycles. The molecule has 1 saturated carbocycles. The molecule has 4 rings (SSSR count). The van der Waals surface area contributed by atoms with Crippen LogP contribution < -0.4 is 4.90 Å². The summed E-state index contributed by atoms with van der Waals surface area (Å²) in [5.41, 5.74) is 4.86. The Kier molecular flexibility index (Phi) is 9.48. The normalized spacial score (nSPS) is 14.0. The van der Waals surface area contributed by atoms with Crippen LogP contribution >= 0.6 is 23.4 Å². The number of thioether (sulfide) groups is 1. The highest BCUT2D eigenvalue weighted by atomic mass is 35.5. The van der Waals surface area contributed by atoms with Crippen LogP contribution in [-0.4, -0.2) is 25.2 Å². The number of carbonyl (C=O) groups is 2. The first-order valence-electron chi connectivity index (χ1n) is 12.6. The molecule has 0 heterocycles. The minimum atomic E-state index is -0.412. The van der Waals surface area contributed by atoms with Gasteiger partial charge >= 0.3 is 5.97 Å². The summed E-state index contributed by atoms with van der Waals surface area (Å²) in [5, 5.41) is 0.750. The first kappa shape index (κ1) is 27.0. The summed E-state index contributed by atoms with van der Waals surface area (Å²) < 4.78 is 4.71. The van der Waals surface area contributed by atoms with Crippen LogP contribution in [0.15, 0.2) is 77.7 Å². The van der Waals surface area contributed by atoms with Crippen LogP contribution in [0.4, 0.5) is 5.69 Å². The van der Waals surface area contributed by atoms with Crippen LogP contribution in [0.3, 0.4) is 0 Å². The first-order chi connectivity index (χ1) is 18.0. The first-order valence-corrected chi connectivity index (χ1v) is 14.2. The SMILES string of the molecule is COC(=O)/C=C/c1cccc(N(Cc2ccc(-c3ccc(SC)c(Cl)c3)cc2)C(=O)C2CCCCC2)c1. The molecule has 0 bridgehead atoms. The molecule has 1 aliphatic rings. The van der Waals surface area contributed by atoms with Gasteiger partial charge in [0.2, 0.25) is 5.91 Å². The van der Waals surface area contributed by atoms with E-state index < -0.39 is 5.97 Å². The van der Waals surface area contributed by atoms with Crippen molar-refractivity contribution in [3.8, 4) is 11.1 Å². The van der Waals surface area contributed by atoms with Gasteiger partial charge in [-0.25, -0.2) is 4.79 Å². The Labute approximate surface area is 228 Å². The summed E-state index contributed by atoms with van der Waals surface area (Å²) in [6, 6.07) is 22.2. The Bertz CT molecular complexity index is 1270. The van der Waals surface area contributed by atoms with Gasteiger partial charge < -0.3 is 9.64 Å². The van der Waals surface area contributed by atoms with Crippen LogP contribution in [0.25, 0.3) is 17.2 Å². The lowest BCUT2D eigenvalue weighted by molar-refractivity contribution is -0.134. The molecule has 0 atom stereocenters. The summed E-state index contributed by atoms with van der Waals surface area (Å²) in [6.07, 6.45) is 10.4. The van der Waals surface area contributed by atoms with Crippen molar-refractivity contribution in [2.45, 2.75) is 43.5 Å². The fraction of sp³-hybridized carbons (Fsp3) is 0.290. The molecule has 3 aromatic carbocycles. The zero-order valence-corrected chi connectivity index (χ0v) is 22.9. The second-order valence-corrected chi connectivity index (χ2v) is 10.5. The summed E-state index contributed by atoms with van der Waals surface area (Å²) in [6.45, 7) is 0.478. The summed E-state index contributed by atoms with van der Waals surface area (Å²) in [7, 11) is 1.35. The van der Waals surface area contributed by atoms with E-state index in [4.69, 9.17) is 16.3 Å². The Balaban J connectivity index is 1.60. The predicted octanol–water partition coefficient (Wildman–Crippen LogP) is 8.03. The van der Waals surface area contributed by atoms with Gasteiger partial charge in [-0.3, -0.25) is 4.79 Å². The van der Waals surface area contributed by atoms with Gasteiger partial charge in [0.25, 0.3) is 0 Å². The van der Waals surface area contributed by atoms with Gasteiger partial charge in [-0.05, 0) is 71.7 Å². The van der Waals surface area contributed by atoms with Gasteiger partial charge in [0.05, 0.1) is 18.7 Å². The Morgan fingerprint density at radius 3 is 2.41 bits per heavy atom. The third-order valence-electron chi connectivity index (χ3n) is 6.80. The second kappa shape index (κ2) is 13.0. The molecule has 3 aromatic rings. The van der Waals surface area contributed by atoms with Crippen molar-refractivity contribution < 1.29 is 14.3 Å². The number of rotatable bonds is 8. The van der Waals surface area contributed by atoms with E-state index in [0.717, 1.165) is 63.5 Å². The number of methoxy groups -OCH3 is 1. The molecule has 0 aromatic heterocycles. The van der Waals surface area contributed by atoms with E-state index in [9.17, 15) is 9.59 Å². The maximum atomic E-state index is 13.7. The lowest BCUT2D eigenvalue weighted by Crippen LogP contribution is -2.36. The number of carbonyl (C=O) groups excluding carboxylic acids is 2. The number of esters is 1. The van der Waals surface area contributed by atoms with Crippen LogP contribution in [0.1, 0.15) is 43.2 Å². The topological polar surface area (TPSA) is 46.6 Å². The summed E-state index contributed by atoms with van der Waals surface area (Å²) in [4.78, 5) is 28.2. The molecule has 6 heteroatoms. The van der Waals surface area contributed by atoms with Crippen LogP contribution in [0.2, 0.25) is 5.02 Å². The number of amides is 1. The Hall–Kier alpha value is -3.02. The number of nitrogens with zero attached hydrogens (tertiary/aromatic N) is 1.